The van der Waals surface area contributed by atoms with Crippen molar-refractivity contribution in [3.63, 3.8) is 0 Å². The molecule has 2 saturated heterocycles. The van der Waals surface area contributed by atoms with Gasteiger partial charge in [-0.25, -0.2) is 0 Å². The summed E-state index contributed by atoms with van der Waals surface area (Å²) in [7, 11) is 0. The van der Waals surface area contributed by atoms with Crippen molar-refractivity contribution in [1.29, 1.82) is 0 Å². The summed E-state index contributed by atoms with van der Waals surface area (Å²) in [6, 6.07) is 7.86. The maximum Gasteiger partial charge on any atom is 0.293 e. The molecule has 2 aromatic rings. The highest BCUT2D eigenvalue weighted by molar-refractivity contribution is 8.18. The fourth-order valence-corrected chi connectivity index (χ4v) is 4.89. The maximum atomic E-state index is 12.9. The van der Waals surface area contributed by atoms with Crippen LogP contribution < -0.4 is 0 Å². The molecule has 0 spiro atoms. The lowest BCUT2D eigenvalue weighted by Crippen LogP contribution is -2.34. The number of rotatable bonds is 4. The number of likely N-dealkylation sites (N-methyl/N-ethyl adjacent to an activating group) is 1. The number of imide groups is 1. The second-order valence-corrected chi connectivity index (χ2v) is 8.44. The molecule has 2 aliphatic heterocycles. The molecule has 7 heteroatoms. The minimum atomic E-state index is -0.250. The van der Waals surface area contributed by atoms with Gasteiger partial charge in [0.05, 0.1) is 4.91 Å². The van der Waals surface area contributed by atoms with Crippen LogP contribution in [0.4, 0.5) is 4.79 Å². The number of fused-ring (bicyclic) bond motifs is 1. The highest BCUT2D eigenvalue weighted by Gasteiger charge is 2.33. The maximum absolute atomic E-state index is 12.9. The normalized spacial score (nSPS) is 19.4. The first-order chi connectivity index (χ1) is 14.1. The van der Waals surface area contributed by atoms with Crippen LogP contribution >= 0.6 is 11.8 Å². The van der Waals surface area contributed by atoms with Crippen molar-refractivity contribution in [2.45, 2.75) is 39.2 Å². The van der Waals surface area contributed by atoms with Crippen LogP contribution in [-0.4, -0.2) is 51.1 Å². The summed E-state index contributed by atoms with van der Waals surface area (Å²) in [6.45, 7) is 4.10. The third kappa shape index (κ3) is 3.96. The summed E-state index contributed by atoms with van der Waals surface area (Å²) < 4.78 is 1.96. The molecule has 2 aliphatic rings. The minimum absolute atomic E-state index is 0.130. The first kappa shape index (κ1) is 19.8. The fraction of sp³-hybridized carbons (Fsp3) is 0.409. The quantitative estimate of drug-likeness (QED) is 0.711. The summed E-state index contributed by atoms with van der Waals surface area (Å²) in [6.07, 6.45) is 8.20. The number of amides is 3. The molecule has 4 rings (SSSR count). The first-order valence-electron chi connectivity index (χ1n) is 10.2. The van der Waals surface area contributed by atoms with E-state index in [-0.39, 0.29) is 23.6 Å². The Kier molecular flexibility index (Phi) is 5.76. The fourth-order valence-electron chi connectivity index (χ4n) is 4.00. The van der Waals surface area contributed by atoms with Gasteiger partial charge in [-0.1, -0.05) is 31.0 Å². The average Bonchev–Trinajstić information content (AvgIpc) is 3.04. The number of hydrogen-bond acceptors (Lipinski definition) is 4. The van der Waals surface area contributed by atoms with Gasteiger partial charge < -0.3 is 9.47 Å². The zero-order valence-corrected chi connectivity index (χ0v) is 17.4. The summed E-state index contributed by atoms with van der Waals surface area (Å²) in [5.74, 6) is -0.120. The summed E-state index contributed by atoms with van der Waals surface area (Å²) in [5.41, 5.74) is 1.81. The smallest absolute Gasteiger partial charge is 0.293 e. The number of thioether (sulfide) groups is 1. The Hall–Kier alpha value is -2.54. The van der Waals surface area contributed by atoms with E-state index in [0.717, 1.165) is 54.2 Å². The zero-order valence-electron chi connectivity index (χ0n) is 16.6. The molecule has 3 amide bonds. The molecule has 0 atom stereocenters. The van der Waals surface area contributed by atoms with Gasteiger partial charge in [-0.05, 0) is 43.7 Å². The molecule has 0 bridgehead atoms. The van der Waals surface area contributed by atoms with Gasteiger partial charge in [0.25, 0.3) is 11.1 Å². The molecule has 1 aromatic heterocycles. The zero-order chi connectivity index (χ0) is 20.4. The second-order valence-electron chi connectivity index (χ2n) is 7.45. The highest BCUT2D eigenvalue weighted by atomic mass is 32.2. The lowest BCUT2D eigenvalue weighted by molar-refractivity contribution is -0.131. The number of benzene rings is 1. The molecular weight excluding hydrogens is 386 g/mol. The Morgan fingerprint density at radius 3 is 2.52 bits per heavy atom. The monoisotopic (exact) mass is 411 g/mol. The van der Waals surface area contributed by atoms with Gasteiger partial charge in [-0.2, -0.15) is 0 Å². The molecule has 2 fully saturated rings. The van der Waals surface area contributed by atoms with Gasteiger partial charge in [-0.15, -0.1) is 0 Å². The Bertz CT molecular complexity index is 986. The average molecular weight is 412 g/mol. The molecule has 29 heavy (non-hydrogen) atoms. The van der Waals surface area contributed by atoms with Crippen LogP contribution in [0.25, 0.3) is 17.0 Å². The van der Waals surface area contributed by atoms with Crippen molar-refractivity contribution in [3.8, 4) is 0 Å². The van der Waals surface area contributed by atoms with Crippen LogP contribution in [0.15, 0.2) is 35.4 Å². The van der Waals surface area contributed by atoms with Gasteiger partial charge in [-0.3, -0.25) is 19.3 Å². The summed E-state index contributed by atoms with van der Waals surface area (Å²) in [5, 5.41) is 0.739. The van der Waals surface area contributed by atoms with Crippen molar-refractivity contribution >= 4 is 45.8 Å². The first-order valence-corrected chi connectivity index (χ1v) is 11.0. The Balaban J connectivity index is 1.64. The Morgan fingerprint density at radius 1 is 1.10 bits per heavy atom. The van der Waals surface area contributed by atoms with Crippen molar-refractivity contribution in [2.24, 2.45) is 0 Å². The number of hydrogen-bond donors (Lipinski definition) is 0. The van der Waals surface area contributed by atoms with Crippen molar-refractivity contribution in [2.75, 3.05) is 19.6 Å². The molecule has 6 nitrogen and oxygen atoms in total. The number of nitrogens with zero attached hydrogens (tertiary/aromatic N) is 3. The van der Waals surface area contributed by atoms with E-state index in [9.17, 15) is 14.4 Å². The van der Waals surface area contributed by atoms with Gasteiger partial charge in [0, 0.05) is 42.3 Å². The molecule has 1 aromatic carbocycles. The highest BCUT2D eigenvalue weighted by Crippen LogP contribution is 2.34. The van der Waals surface area contributed by atoms with E-state index in [2.05, 4.69) is 0 Å². The predicted octanol–water partition coefficient (Wildman–Crippen LogP) is 4.10. The molecule has 0 saturated carbocycles. The molecule has 0 radical (unpaired) electrons. The minimum Gasteiger partial charge on any atom is -0.341 e. The SMILES string of the molecule is CCN1C(=O)S/C(=C\c2cn(CC(=O)N3CCCCCC3)c3ccccc23)C1=O. The molecule has 152 valence electrons. The van der Waals surface area contributed by atoms with Crippen LogP contribution in [0.2, 0.25) is 0 Å². The van der Waals surface area contributed by atoms with E-state index in [1.54, 1.807) is 13.0 Å². The molecule has 0 aliphatic carbocycles. The standard InChI is InChI=1S/C22H25N3O3S/c1-2-25-21(27)19(29-22(25)28)13-16-14-24(18-10-6-5-9-17(16)18)15-20(26)23-11-7-3-4-8-12-23/h5-6,9-10,13-14H,2-4,7-8,11-12,15H2,1H3/b19-13-. The number of carbonyl (C=O) groups is 3. The lowest BCUT2D eigenvalue weighted by atomic mass is 10.1. The number of aromatic nitrogens is 1. The van der Waals surface area contributed by atoms with E-state index in [1.807, 2.05) is 39.9 Å². The Labute approximate surface area is 174 Å². The van der Waals surface area contributed by atoms with E-state index in [1.165, 1.54) is 17.7 Å². The summed E-state index contributed by atoms with van der Waals surface area (Å²) >= 11 is 0.972. The lowest BCUT2D eigenvalue weighted by Gasteiger charge is -2.20. The second kappa shape index (κ2) is 8.45. The van der Waals surface area contributed by atoms with Crippen molar-refractivity contribution in [1.82, 2.24) is 14.4 Å². The van der Waals surface area contributed by atoms with E-state index in [0.29, 0.717) is 11.4 Å². The largest absolute Gasteiger partial charge is 0.341 e. The van der Waals surface area contributed by atoms with E-state index < -0.39 is 0 Å². The van der Waals surface area contributed by atoms with Gasteiger partial charge >= 0.3 is 0 Å². The molecule has 3 heterocycles. The van der Waals surface area contributed by atoms with Crippen LogP contribution in [0.1, 0.15) is 38.2 Å². The van der Waals surface area contributed by atoms with Gasteiger partial charge in [0.15, 0.2) is 0 Å². The number of carbonyl (C=O) groups excluding carboxylic acids is 3. The van der Waals surface area contributed by atoms with Crippen LogP contribution in [0.5, 0.6) is 0 Å². The van der Waals surface area contributed by atoms with E-state index in [4.69, 9.17) is 0 Å². The molecular formula is C22H25N3O3S. The predicted molar refractivity (Wildman–Crippen MR) is 115 cm³/mol. The third-order valence-corrected chi connectivity index (χ3v) is 6.47. The molecule has 0 unspecified atom stereocenters. The van der Waals surface area contributed by atoms with Crippen LogP contribution in [0.3, 0.4) is 0 Å². The van der Waals surface area contributed by atoms with Gasteiger partial charge in [0.2, 0.25) is 5.91 Å². The van der Waals surface area contributed by atoms with Crippen molar-refractivity contribution in [3.05, 3.63) is 40.9 Å². The topological polar surface area (TPSA) is 62.6 Å². The van der Waals surface area contributed by atoms with E-state index >= 15 is 0 Å². The Morgan fingerprint density at radius 2 is 1.83 bits per heavy atom. The molecule has 0 N–H and O–H groups in total. The van der Waals surface area contributed by atoms with Crippen LogP contribution in [-0.2, 0) is 16.1 Å². The van der Waals surface area contributed by atoms with Gasteiger partial charge in [0.1, 0.15) is 6.54 Å². The third-order valence-electron chi connectivity index (χ3n) is 5.56. The van der Waals surface area contributed by atoms with Crippen LogP contribution in [0, 0.1) is 0 Å². The van der Waals surface area contributed by atoms with Crippen molar-refractivity contribution < 1.29 is 14.4 Å². The summed E-state index contributed by atoms with van der Waals surface area (Å²) in [4.78, 5) is 41.0. The number of para-hydroxylation sites is 1. The number of likely N-dealkylation sites (tertiary alicyclic amines) is 1.